The van der Waals surface area contributed by atoms with Gasteiger partial charge in [0.15, 0.2) is 0 Å². The minimum atomic E-state index is -1.45. The summed E-state index contributed by atoms with van der Waals surface area (Å²) in [5, 5.41) is 25.3. The molecule has 1 atom stereocenters. The number of fused-ring (bicyclic) bond motifs is 1. The molecule has 4 aromatic rings. The third kappa shape index (κ3) is 6.31. The number of rotatable bonds is 8. The second-order valence-corrected chi connectivity index (χ2v) is 11.6. The van der Waals surface area contributed by atoms with Crippen molar-refractivity contribution >= 4 is 27.5 Å². The molecule has 4 heterocycles. The second kappa shape index (κ2) is 13.0. The third-order valence-corrected chi connectivity index (χ3v) is 8.37. The van der Waals surface area contributed by atoms with E-state index in [1.807, 2.05) is 12.2 Å². The lowest BCUT2D eigenvalue weighted by Gasteiger charge is -2.31. The van der Waals surface area contributed by atoms with Gasteiger partial charge < -0.3 is 19.8 Å². The van der Waals surface area contributed by atoms with Gasteiger partial charge in [0, 0.05) is 25.2 Å². The van der Waals surface area contributed by atoms with Crippen LogP contribution in [-0.4, -0.2) is 78.1 Å². The van der Waals surface area contributed by atoms with Crippen LogP contribution < -0.4 is 16.0 Å². The van der Waals surface area contributed by atoms with Crippen LogP contribution in [0.1, 0.15) is 31.9 Å². The first-order chi connectivity index (χ1) is 20.4. The maximum absolute atomic E-state index is 14.0. The summed E-state index contributed by atoms with van der Waals surface area (Å²) in [6, 6.07) is 4.20. The minimum absolute atomic E-state index is 0.122. The van der Waals surface area contributed by atoms with Crippen LogP contribution >= 0.6 is 11.3 Å². The number of hydrogen-bond acceptors (Lipinski definition) is 9. The molecule has 0 saturated carbocycles. The average molecular weight is 615 g/mol. The van der Waals surface area contributed by atoms with Gasteiger partial charge in [0.2, 0.25) is 5.91 Å². The highest BCUT2D eigenvalue weighted by atomic mass is 32.1. The van der Waals surface area contributed by atoms with Crippen molar-refractivity contribution in [1.29, 1.82) is 0 Å². The molecule has 0 fully saturated rings. The standard InChI is InChI=1S/C26H27FN6O4S.C3H8O2/c1-16-20-21(34)32(26(2,3)24(35)30-12-5-6-13-30)25(36)31(23(20)38-22(16)33-28-10-11-29-33)14-9-17-15-18(27)7-8-19(17)37-4;1-3(5)2-4/h5-8,10-11,15H,9,12-14H2,1-4H3;3-5H,2H2,1H3. The molecule has 0 bridgehead atoms. The number of aliphatic hydroxyl groups is 2. The van der Waals surface area contributed by atoms with Gasteiger partial charge in [0.1, 0.15) is 26.9 Å². The van der Waals surface area contributed by atoms with E-state index in [1.165, 1.54) is 65.3 Å². The predicted molar refractivity (Wildman–Crippen MR) is 160 cm³/mol. The Hall–Kier alpha value is -4.14. The molecular formula is C29H35FN6O6S. The molecule has 0 aliphatic carbocycles. The third-order valence-electron chi connectivity index (χ3n) is 7.09. The van der Waals surface area contributed by atoms with Crippen LogP contribution in [-0.2, 0) is 23.3 Å². The molecule has 230 valence electrons. The predicted octanol–water partition coefficient (Wildman–Crippen LogP) is 2.00. The van der Waals surface area contributed by atoms with Gasteiger partial charge in [-0.05, 0) is 57.9 Å². The fourth-order valence-electron chi connectivity index (χ4n) is 4.84. The lowest BCUT2D eigenvalue weighted by atomic mass is 10.0. The fourth-order valence-corrected chi connectivity index (χ4v) is 6.07. The molecule has 1 aliphatic heterocycles. The van der Waals surface area contributed by atoms with Gasteiger partial charge >= 0.3 is 5.69 Å². The molecule has 2 N–H and O–H groups in total. The number of aryl methyl sites for hydroxylation is 3. The molecule has 14 heteroatoms. The molecule has 1 unspecified atom stereocenters. The number of aliphatic hydroxyl groups excluding tert-OH is 2. The lowest BCUT2D eigenvalue weighted by molar-refractivity contribution is -0.138. The van der Waals surface area contributed by atoms with E-state index in [-0.39, 0.29) is 25.5 Å². The van der Waals surface area contributed by atoms with Crippen molar-refractivity contribution < 1.29 is 24.1 Å². The first-order valence-electron chi connectivity index (χ1n) is 13.6. The van der Waals surface area contributed by atoms with Crippen LogP contribution in [0.4, 0.5) is 4.39 Å². The first-order valence-corrected chi connectivity index (χ1v) is 14.5. The maximum Gasteiger partial charge on any atom is 0.333 e. The molecular weight excluding hydrogens is 579 g/mol. The van der Waals surface area contributed by atoms with Crippen LogP contribution in [0.2, 0.25) is 0 Å². The molecule has 0 saturated heterocycles. The summed E-state index contributed by atoms with van der Waals surface area (Å²) in [7, 11) is 1.49. The minimum Gasteiger partial charge on any atom is -0.496 e. The Balaban J connectivity index is 0.000000782. The summed E-state index contributed by atoms with van der Waals surface area (Å²) < 4.78 is 21.9. The number of carbonyl (C=O) groups excluding carboxylic acids is 1. The highest BCUT2D eigenvalue weighted by Gasteiger charge is 2.38. The van der Waals surface area contributed by atoms with Crippen molar-refractivity contribution in [3.05, 3.63) is 80.5 Å². The number of halogens is 1. The lowest BCUT2D eigenvalue weighted by Crippen LogP contribution is -2.56. The van der Waals surface area contributed by atoms with Gasteiger partial charge in [-0.3, -0.25) is 14.2 Å². The van der Waals surface area contributed by atoms with E-state index < -0.39 is 28.7 Å². The number of ether oxygens (including phenoxy) is 1. The van der Waals surface area contributed by atoms with Crippen molar-refractivity contribution in [2.75, 3.05) is 26.8 Å². The summed E-state index contributed by atoms with van der Waals surface area (Å²) in [5.41, 5.74) is -1.45. The van der Waals surface area contributed by atoms with Gasteiger partial charge in [0.25, 0.3) is 5.56 Å². The molecule has 1 aliphatic rings. The van der Waals surface area contributed by atoms with Crippen molar-refractivity contribution in [2.24, 2.45) is 0 Å². The number of benzene rings is 1. The summed E-state index contributed by atoms with van der Waals surface area (Å²) in [5.74, 6) is -0.265. The van der Waals surface area contributed by atoms with E-state index >= 15 is 0 Å². The average Bonchev–Trinajstić information content (AvgIpc) is 3.75. The summed E-state index contributed by atoms with van der Waals surface area (Å²) >= 11 is 1.21. The van der Waals surface area contributed by atoms with Gasteiger partial charge in [-0.15, -0.1) is 4.80 Å². The summed E-state index contributed by atoms with van der Waals surface area (Å²) in [6.07, 6.45) is 6.49. The smallest absolute Gasteiger partial charge is 0.333 e. The van der Waals surface area contributed by atoms with Crippen molar-refractivity contribution in [2.45, 2.75) is 52.3 Å². The molecule has 3 aromatic heterocycles. The topological polar surface area (TPSA) is 145 Å². The van der Waals surface area contributed by atoms with E-state index in [1.54, 1.807) is 25.7 Å². The Labute approximate surface area is 250 Å². The van der Waals surface area contributed by atoms with Crippen molar-refractivity contribution in [3.63, 3.8) is 0 Å². The number of thiophene rings is 1. The van der Waals surface area contributed by atoms with Gasteiger partial charge in [-0.25, -0.2) is 13.8 Å². The fraction of sp³-hybridized carbons (Fsp3) is 0.414. The zero-order valence-corrected chi connectivity index (χ0v) is 25.5. The number of amides is 1. The second-order valence-electron chi connectivity index (χ2n) is 10.6. The number of hydrogen-bond donors (Lipinski definition) is 2. The van der Waals surface area contributed by atoms with Gasteiger partial charge in [-0.1, -0.05) is 23.5 Å². The molecule has 1 amide bonds. The van der Waals surface area contributed by atoms with Crippen LogP contribution in [0.3, 0.4) is 0 Å². The molecule has 0 spiro atoms. The largest absolute Gasteiger partial charge is 0.496 e. The monoisotopic (exact) mass is 614 g/mol. The first kappa shape index (κ1) is 31.8. The summed E-state index contributed by atoms with van der Waals surface area (Å²) in [4.78, 5) is 44.9. The number of methoxy groups -OCH3 is 1. The van der Waals surface area contributed by atoms with Crippen LogP contribution in [0.25, 0.3) is 15.2 Å². The van der Waals surface area contributed by atoms with E-state index in [0.717, 1.165) is 4.57 Å². The molecule has 1 aromatic carbocycles. The van der Waals surface area contributed by atoms with E-state index in [2.05, 4.69) is 10.2 Å². The quantitative estimate of drug-likeness (QED) is 0.287. The summed E-state index contributed by atoms with van der Waals surface area (Å²) in [6.45, 7) is 7.28. The Morgan fingerprint density at radius 2 is 1.81 bits per heavy atom. The Kier molecular flexibility index (Phi) is 9.62. The Morgan fingerprint density at radius 1 is 1.19 bits per heavy atom. The Bertz CT molecular complexity index is 1750. The molecule has 43 heavy (non-hydrogen) atoms. The van der Waals surface area contributed by atoms with Gasteiger partial charge in [-0.2, -0.15) is 10.2 Å². The Morgan fingerprint density at radius 3 is 2.40 bits per heavy atom. The number of aromatic nitrogens is 5. The highest BCUT2D eigenvalue weighted by Crippen LogP contribution is 2.31. The molecule has 5 rings (SSSR count). The van der Waals surface area contributed by atoms with E-state index in [9.17, 15) is 18.8 Å². The maximum atomic E-state index is 14.0. The van der Waals surface area contributed by atoms with Gasteiger partial charge in [0.05, 0.1) is 37.6 Å². The van der Waals surface area contributed by atoms with Crippen LogP contribution in [0.5, 0.6) is 5.75 Å². The highest BCUT2D eigenvalue weighted by molar-refractivity contribution is 7.21. The number of nitrogens with zero attached hydrogens (tertiary/aromatic N) is 6. The SMILES string of the molecule is CC(O)CO.COc1ccc(F)cc1CCn1c(=O)n(C(C)(C)C(=O)N2CC=CC2)c(=O)c2c(C)c(-n3nccn3)sc21. The zero-order valence-electron chi connectivity index (χ0n) is 24.7. The van der Waals surface area contributed by atoms with E-state index in [4.69, 9.17) is 14.9 Å². The van der Waals surface area contributed by atoms with Crippen molar-refractivity contribution in [3.8, 4) is 10.8 Å². The van der Waals surface area contributed by atoms with Crippen molar-refractivity contribution in [1.82, 2.24) is 29.0 Å². The van der Waals surface area contributed by atoms with Crippen LogP contribution in [0, 0.1) is 12.7 Å². The normalized spacial score (nSPS) is 13.7. The number of carbonyl (C=O) groups is 1. The zero-order chi connectivity index (χ0) is 31.5. The molecule has 0 radical (unpaired) electrons. The van der Waals surface area contributed by atoms with Crippen LogP contribution in [0.15, 0.2) is 52.3 Å². The van der Waals surface area contributed by atoms with E-state index in [0.29, 0.717) is 45.2 Å². The molecule has 12 nitrogen and oxygen atoms in total.